The molecule has 2 amide bonds. The molecule has 0 spiro atoms. The Morgan fingerprint density at radius 1 is 0.633 bits per heavy atom. The van der Waals surface area contributed by atoms with E-state index in [1.165, 1.54) is 9.80 Å². The van der Waals surface area contributed by atoms with Crippen molar-refractivity contribution in [1.29, 1.82) is 0 Å². The molecular formula is C22H28N2O4S2. The maximum absolute atomic E-state index is 11.9. The first kappa shape index (κ1) is 24.0. The molecule has 0 N–H and O–H groups in total. The van der Waals surface area contributed by atoms with E-state index in [4.69, 9.17) is 9.47 Å². The Bertz CT molecular complexity index is 881. The summed E-state index contributed by atoms with van der Waals surface area (Å²) in [7, 11) is 9.75. The summed E-state index contributed by atoms with van der Waals surface area (Å²) in [5.74, 6) is 1.09. The molecule has 2 aromatic rings. The van der Waals surface area contributed by atoms with Gasteiger partial charge in [-0.05, 0) is 62.1 Å². The highest BCUT2D eigenvalue weighted by molar-refractivity contribution is 8.76. The molecule has 0 fully saturated rings. The number of nitrogens with zero attached hydrogens (tertiary/aromatic N) is 2. The molecule has 0 aliphatic carbocycles. The van der Waals surface area contributed by atoms with Gasteiger partial charge in [0.25, 0.3) is 0 Å². The smallest absolute Gasteiger partial charge is 0.410 e. The molecule has 0 bridgehead atoms. The van der Waals surface area contributed by atoms with Crippen LogP contribution in [0.25, 0.3) is 0 Å². The summed E-state index contributed by atoms with van der Waals surface area (Å²) in [5, 5.41) is 0. The van der Waals surface area contributed by atoms with Crippen LogP contribution in [0.3, 0.4) is 0 Å². The second-order valence-corrected chi connectivity index (χ2v) is 9.67. The SMILES string of the molecule is Cc1cc(C)c(SSc2cc(OC(=O)N(C)C)c(C)cc2C)cc1OC(=O)N(C)C. The minimum absolute atomic E-state index is 0.410. The van der Waals surface area contributed by atoms with Crippen molar-refractivity contribution in [2.75, 3.05) is 28.2 Å². The van der Waals surface area contributed by atoms with Crippen molar-refractivity contribution in [2.45, 2.75) is 37.5 Å². The molecule has 2 aromatic carbocycles. The Balaban J connectivity index is 2.24. The number of amides is 2. The predicted molar refractivity (Wildman–Crippen MR) is 123 cm³/mol. The van der Waals surface area contributed by atoms with E-state index in [-0.39, 0.29) is 0 Å². The summed E-state index contributed by atoms with van der Waals surface area (Å²) in [6, 6.07) is 7.79. The molecule has 0 saturated carbocycles. The minimum Gasteiger partial charge on any atom is -0.410 e. The molecule has 30 heavy (non-hydrogen) atoms. The number of hydrogen-bond acceptors (Lipinski definition) is 6. The maximum atomic E-state index is 11.9. The lowest BCUT2D eigenvalue weighted by atomic mass is 10.1. The van der Waals surface area contributed by atoms with E-state index in [1.54, 1.807) is 49.8 Å². The lowest BCUT2D eigenvalue weighted by Crippen LogP contribution is -2.25. The van der Waals surface area contributed by atoms with E-state index in [1.807, 2.05) is 52.0 Å². The fourth-order valence-electron chi connectivity index (χ4n) is 2.49. The lowest BCUT2D eigenvalue weighted by molar-refractivity contribution is 0.170. The van der Waals surface area contributed by atoms with Gasteiger partial charge in [0.05, 0.1) is 0 Å². The quantitative estimate of drug-likeness (QED) is 0.536. The van der Waals surface area contributed by atoms with Crippen molar-refractivity contribution >= 4 is 33.8 Å². The van der Waals surface area contributed by atoms with Crippen molar-refractivity contribution in [3.63, 3.8) is 0 Å². The molecule has 0 aromatic heterocycles. The molecule has 0 atom stereocenters. The molecule has 0 heterocycles. The fourth-order valence-corrected chi connectivity index (χ4v) is 4.97. The first-order chi connectivity index (χ1) is 14.0. The van der Waals surface area contributed by atoms with Crippen LogP contribution in [0, 0.1) is 27.7 Å². The fraction of sp³-hybridized carbons (Fsp3) is 0.364. The van der Waals surface area contributed by atoms with Crippen LogP contribution in [0.2, 0.25) is 0 Å². The standard InChI is InChI=1S/C22H28N2O4S2/c1-13-9-15(3)19(11-17(13)27-21(25)23(5)6)29-30-20-12-18(14(2)10-16(20)4)28-22(26)24(7)8/h9-12H,1-8H3. The van der Waals surface area contributed by atoms with Gasteiger partial charge in [0.2, 0.25) is 0 Å². The maximum Gasteiger partial charge on any atom is 0.414 e. The Kier molecular flexibility index (Phi) is 8.09. The molecule has 162 valence electrons. The summed E-state index contributed by atoms with van der Waals surface area (Å²) < 4.78 is 11.0. The van der Waals surface area contributed by atoms with E-state index in [0.717, 1.165) is 32.0 Å². The van der Waals surface area contributed by atoms with Gasteiger partial charge in [0, 0.05) is 38.0 Å². The van der Waals surface area contributed by atoms with Gasteiger partial charge in [-0.15, -0.1) is 0 Å². The van der Waals surface area contributed by atoms with E-state index >= 15 is 0 Å². The second-order valence-electron chi connectivity index (χ2n) is 7.46. The van der Waals surface area contributed by atoms with Crippen LogP contribution < -0.4 is 9.47 Å². The molecular weight excluding hydrogens is 420 g/mol. The third-order valence-electron chi connectivity index (χ3n) is 4.29. The monoisotopic (exact) mass is 448 g/mol. The summed E-state index contributed by atoms with van der Waals surface area (Å²) in [6.45, 7) is 7.89. The van der Waals surface area contributed by atoms with Gasteiger partial charge in [-0.25, -0.2) is 9.59 Å². The van der Waals surface area contributed by atoms with Crippen LogP contribution in [0.5, 0.6) is 11.5 Å². The largest absolute Gasteiger partial charge is 0.414 e. The number of carbonyl (C=O) groups excluding carboxylic acids is 2. The number of benzene rings is 2. The van der Waals surface area contributed by atoms with Crippen LogP contribution in [-0.2, 0) is 0 Å². The molecule has 6 nitrogen and oxygen atoms in total. The molecule has 0 radical (unpaired) electrons. The second kappa shape index (κ2) is 10.1. The summed E-state index contributed by atoms with van der Waals surface area (Å²) >= 11 is 0. The number of hydrogen-bond donors (Lipinski definition) is 0. The van der Waals surface area contributed by atoms with E-state index in [0.29, 0.717) is 11.5 Å². The average Bonchev–Trinajstić information content (AvgIpc) is 2.65. The van der Waals surface area contributed by atoms with Gasteiger partial charge in [0.1, 0.15) is 11.5 Å². The van der Waals surface area contributed by atoms with Crippen molar-refractivity contribution in [2.24, 2.45) is 0 Å². The van der Waals surface area contributed by atoms with E-state index in [2.05, 4.69) is 0 Å². The van der Waals surface area contributed by atoms with Gasteiger partial charge < -0.3 is 19.3 Å². The Morgan fingerprint density at radius 2 is 0.967 bits per heavy atom. The van der Waals surface area contributed by atoms with Crippen LogP contribution in [0.4, 0.5) is 9.59 Å². The molecule has 0 saturated heterocycles. The highest BCUT2D eigenvalue weighted by atomic mass is 33.1. The highest BCUT2D eigenvalue weighted by Gasteiger charge is 2.15. The van der Waals surface area contributed by atoms with Gasteiger partial charge in [-0.2, -0.15) is 0 Å². The zero-order valence-electron chi connectivity index (χ0n) is 18.7. The molecule has 8 heteroatoms. The van der Waals surface area contributed by atoms with Gasteiger partial charge in [0.15, 0.2) is 0 Å². The third-order valence-corrected chi connectivity index (χ3v) is 6.94. The zero-order valence-corrected chi connectivity index (χ0v) is 20.3. The molecule has 0 aliphatic rings. The Morgan fingerprint density at radius 3 is 1.27 bits per heavy atom. The van der Waals surface area contributed by atoms with Crippen LogP contribution in [-0.4, -0.2) is 50.2 Å². The average molecular weight is 449 g/mol. The molecule has 2 rings (SSSR count). The van der Waals surface area contributed by atoms with Crippen molar-refractivity contribution in [3.05, 3.63) is 46.5 Å². The molecule has 0 aliphatic heterocycles. The van der Waals surface area contributed by atoms with Crippen molar-refractivity contribution in [1.82, 2.24) is 9.80 Å². The number of carbonyl (C=O) groups is 2. The number of rotatable bonds is 5. The normalized spacial score (nSPS) is 10.5. The Hall–Kier alpha value is -2.32. The van der Waals surface area contributed by atoms with Crippen LogP contribution in [0.15, 0.2) is 34.1 Å². The van der Waals surface area contributed by atoms with Crippen molar-refractivity contribution in [3.8, 4) is 11.5 Å². The van der Waals surface area contributed by atoms with Crippen molar-refractivity contribution < 1.29 is 19.1 Å². The van der Waals surface area contributed by atoms with Crippen LogP contribution >= 0.6 is 21.6 Å². The molecule has 0 unspecified atom stereocenters. The van der Waals surface area contributed by atoms with Crippen LogP contribution in [0.1, 0.15) is 22.3 Å². The first-order valence-corrected chi connectivity index (χ1v) is 11.5. The predicted octanol–water partition coefficient (Wildman–Crippen LogP) is 5.84. The van der Waals surface area contributed by atoms with E-state index < -0.39 is 12.2 Å². The summed E-state index contributed by atoms with van der Waals surface area (Å²) in [4.78, 5) is 28.7. The third kappa shape index (κ3) is 6.09. The van der Waals surface area contributed by atoms with Gasteiger partial charge in [-0.3, -0.25) is 0 Å². The number of ether oxygens (including phenoxy) is 2. The van der Waals surface area contributed by atoms with Gasteiger partial charge in [-0.1, -0.05) is 33.7 Å². The lowest BCUT2D eigenvalue weighted by Gasteiger charge is -2.16. The topological polar surface area (TPSA) is 59.1 Å². The highest BCUT2D eigenvalue weighted by Crippen LogP contribution is 2.43. The minimum atomic E-state index is -0.410. The summed E-state index contributed by atoms with van der Waals surface area (Å²) in [6.07, 6.45) is -0.820. The van der Waals surface area contributed by atoms with E-state index in [9.17, 15) is 9.59 Å². The number of aryl methyl sites for hydroxylation is 4. The first-order valence-electron chi connectivity index (χ1n) is 9.35. The Labute approximate surface area is 186 Å². The zero-order chi connectivity index (χ0) is 22.6. The summed E-state index contributed by atoms with van der Waals surface area (Å²) in [5.41, 5.74) is 4.00. The van der Waals surface area contributed by atoms with Gasteiger partial charge >= 0.3 is 12.2 Å².